The Labute approximate surface area is 176 Å². The molecule has 0 N–H and O–H groups in total. The highest BCUT2D eigenvalue weighted by atomic mass is 32.1. The van der Waals surface area contributed by atoms with Crippen molar-refractivity contribution >= 4 is 23.3 Å². The van der Waals surface area contributed by atoms with E-state index in [-0.39, 0.29) is 11.6 Å². The average Bonchev–Trinajstić information content (AvgIpc) is 3.26. The Kier molecular flexibility index (Phi) is 5.85. The lowest BCUT2D eigenvalue weighted by molar-refractivity contribution is -0.143. The number of piperazine rings is 1. The van der Waals surface area contributed by atoms with Crippen LogP contribution in [-0.2, 0) is 18.0 Å². The number of aromatic nitrogens is 2. The summed E-state index contributed by atoms with van der Waals surface area (Å²) in [4.78, 5) is 29.0. The number of nitrogens with zero attached hydrogens (tertiary/aromatic N) is 4. The summed E-state index contributed by atoms with van der Waals surface area (Å²) in [6.45, 7) is 6.79. The molecule has 1 saturated heterocycles. The molecule has 164 valence electrons. The van der Waals surface area contributed by atoms with Crippen LogP contribution in [0.15, 0.2) is 18.2 Å². The van der Waals surface area contributed by atoms with E-state index in [1.807, 2.05) is 0 Å². The van der Waals surface area contributed by atoms with E-state index in [0.29, 0.717) is 35.9 Å². The van der Waals surface area contributed by atoms with Gasteiger partial charge in [0.15, 0.2) is 0 Å². The lowest BCUT2D eigenvalue weighted by atomic mass is 10.2. The van der Waals surface area contributed by atoms with E-state index in [2.05, 4.69) is 5.10 Å². The van der Waals surface area contributed by atoms with Gasteiger partial charge in [0.05, 0.1) is 9.75 Å². The Hall–Kier alpha value is -2.56. The van der Waals surface area contributed by atoms with E-state index < -0.39 is 23.6 Å². The number of amides is 2. The van der Waals surface area contributed by atoms with Crippen LogP contribution in [0, 0.1) is 0 Å². The lowest BCUT2D eigenvalue weighted by Gasteiger charge is -2.35. The lowest BCUT2D eigenvalue weighted by Crippen LogP contribution is -2.51. The molecule has 1 aliphatic heterocycles. The summed E-state index contributed by atoms with van der Waals surface area (Å²) < 4.78 is 45.1. The molecule has 1 aliphatic rings. The zero-order valence-electron chi connectivity index (χ0n) is 17.1. The fraction of sp³-hybridized carbons (Fsp3) is 0.526. The van der Waals surface area contributed by atoms with Gasteiger partial charge in [-0.2, -0.15) is 18.3 Å². The maximum atomic E-state index is 13.0. The van der Waals surface area contributed by atoms with Gasteiger partial charge in [0.2, 0.25) is 0 Å². The predicted molar refractivity (Wildman–Crippen MR) is 105 cm³/mol. The average molecular weight is 444 g/mol. The van der Waals surface area contributed by atoms with E-state index in [0.717, 1.165) is 22.1 Å². The van der Waals surface area contributed by atoms with Crippen molar-refractivity contribution in [2.24, 2.45) is 7.05 Å². The molecule has 0 atom stereocenters. The number of rotatable bonds is 2. The fourth-order valence-corrected chi connectivity index (χ4v) is 3.95. The van der Waals surface area contributed by atoms with E-state index >= 15 is 0 Å². The zero-order valence-corrected chi connectivity index (χ0v) is 17.9. The Morgan fingerprint density at radius 2 is 1.67 bits per heavy atom. The van der Waals surface area contributed by atoms with Crippen LogP contribution < -0.4 is 0 Å². The maximum Gasteiger partial charge on any atom is 0.433 e. The Morgan fingerprint density at radius 1 is 1.07 bits per heavy atom. The quantitative estimate of drug-likeness (QED) is 0.706. The molecule has 0 saturated carbocycles. The normalized spacial score (nSPS) is 15.4. The SMILES string of the molecule is Cn1nc(-c2ccc(C(=O)N3CCN(C(=O)OC(C)(C)C)CC3)s2)cc1C(F)(F)F. The summed E-state index contributed by atoms with van der Waals surface area (Å²) in [5, 5.41) is 3.92. The zero-order chi connectivity index (χ0) is 22.3. The van der Waals surface area contributed by atoms with Gasteiger partial charge in [-0.05, 0) is 39.0 Å². The van der Waals surface area contributed by atoms with E-state index in [4.69, 9.17) is 4.74 Å². The topological polar surface area (TPSA) is 67.7 Å². The molecule has 0 spiro atoms. The third kappa shape index (κ3) is 4.94. The van der Waals surface area contributed by atoms with Crippen LogP contribution >= 0.6 is 11.3 Å². The third-order valence-corrected chi connectivity index (χ3v) is 5.55. The fourth-order valence-electron chi connectivity index (χ4n) is 3.02. The van der Waals surface area contributed by atoms with E-state index in [1.165, 1.54) is 7.05 Å². The molecule has 3 rings (SSSR count). The van der Waals surface area contributed by atoms with Crippen molar-refractivity contribution in [2.75, 3.05) is 26.2 Å². The molecule has 2 aromatic heterocycles. The van der Waals surface area contributed by atoms with Crippen molar-refractivity contribution < 1.29 is 27.5 Å². The maximum absolute atomic E-state index is 13.0. The third-order valence-electron chi connectivity index (χ3n) is 4.46. The van der Waals surface area contributed by atoms with Crippen LogP contribution in [0.3, 0.4) is 0 Å². The number of carbonyl (C=O) groups excluding carboxylic acids is 2. The van der Waals surface area contributed by atoms with E-state index in [1.54, 1.807) is 42.7 Å². The van der Waals surface area contributed by atoms with Crippen LogP contribution in [0.2, 0.25) is 0 Å². The molecule has 0 unspecified atom stereocenters. The van der Waals surface area contributed by atoms with Gasteiger partial charge < -0.3 is 14.5 Å². The van der Waals surface area contributed by atoms with Gasteiger partial charge in [-0.1, -0.05) is 0 Å². The summed E-state index contributed by atoms with van der Waals surface area (Å²) in [6, 6.07) is 4.15. The number of alkyl halides is 3. The summed E-state index contributed by atoms with van der Waals surface area (Å²) in [7, 11) is 1.23. The molecule has 3 heterocycles. The van der Waals surface area contributed by atoms with Gasteiger partial charge in [0, 0.05) is 33.2 Å². The number of aryl methyl sites for hydroxylation is 1. The molecule has 7 nitrogen and oxygen atoms in total. The molecular weight excluding hydrogens is 421 g/mol. The van der Waals surface area contributed by atoms with Crippen LogP contribution in [0.5, 0.6) is 0 Å². The Morgan fingerprint density at radius 3 is 2.20 bits per heavy atom. The van der Waals surface area contributed by atoms with Crippen molar-refractivity contribution in [1.82, 2.24) is 19.6 Å². The highest BCUT2D eigenvalue weighted by Gasteiger charge is 2.35. The number of halogens is 3. The van der Waals surface area contributed by atoms with Gasteiger partial charge in [0.25, 0.3) is 5.91 Å². The monoisotopic (exact) mass is 444 g/mol. The van der Waals surface area contributed by atoms with Crippen LogP contribution in [0.4, 0.5) is 18.0 Å². The Bertz CT molecular complexity index is 938. The highest BCUT2D eigenvalue weighted by molar-refractivity contribution is 7.17. The van der Waals surface area contributed by atoms with Gasteiger partial charge >= 0.3 is 12.3 Å². The largest absolute Gasteiger partial charge is 0.444 e. The standard InChI is InChI=1S/C19H23F3N4O3S/c1-18(2,3)29-17(28)26-9-7-25(8-10-26)16(27)14-6-5-13(30-14)12-11-15(19(20,21)22)24(4)23-12/h5-6,11H,7-10H2,1-4H3. The number of carbonyl (C=O) groups is 2. The summed E-state index contributed by atoms with van der Waals surface area (Å²) in [6.07, 6.45) is -4.91. The smallest absolute Gasteiger partial charge is 0.433 e. The first-order valence-electron chi connectivity index (χ1n) is 9.34. The first-order chi connectivity index (χ1) is 13.8. The van der Waals surface area contributed by atoms with Gasteiger partial charge in [-0.15, -0.1) is 11.3 Å². The Balaban J connectivity index is 1.65. The number of hydrogen-bond donors (Lipinski definition) is 0. The number of hydrogen-bond acceptors (Lipinski definition) is 5. The predicted octanol–water partition coefficient (Wildman–Crippen LogP) is 3.86. The molecule has 0 radical (unpaired) electrons. The molecule has 2 amide bonds. The molecule has 11 heteroatoms. The summed E-state index contributed by atoms with van der Waals surface area (Å²) in [5.41, 5.74) is -1.27. The number of ether oxygens (including phenoxy) is 1. The van der Waals surface area contributed by atoms with Gasteiger partial charge in [-0.3, -0.25) is 9.48 Å². The van der Waals surface area contributed by atoms with Gasteiger partial charge in [0.1, 0.15) is 17.0 Å². The minimum absolute atomic E-state index is 0.170. The molecule has 2 aromatic rings. The second kappa shape index (κ2) is 7.93. The van der Waals surface area contributed by atoms with Crippen molar-refractivity contribution in [3.05, 3.63) is 28.8 Å². The second-order valence-electron chi connectivity index (χ2n) is 7.96. The summed E-state index contributed by atoms with van der Waals surface area (Å²) in [5.74, 6) is -0.220. The number of thiophene rings is 1. The van der Waals surface area contributed by atoms with Crippen molar-refractivity contribution in [1.29, 1.82) is 0 Å². The first-order valence-corrected chi connectivity index (χ1v) is 10.2. The van der Waals surface area contributed by atoms with Crippen molar-refractivity contribution in [2.45, 2.75) is 32.5 Å². The minimum atomic E-state index is -4.50. The molecular formula is C19H23F3N4O3S. The molecule has 30 heavy (non-hydrogen) atoms. The summed E-state index contributed by atoms with van der Waals surface area (Å²) >= 11 is 1.10. The highest BCUT2D eigenvalue weighted by Crippen LogP contribution is 2.34. The van der Waals surface area contributed by atoms with Gasteiger partial charge in [-0.25, -0.2) is 4.79 Å². The first kappa shape index (κ1) is 22.1. The minimum Gasteiger partial charge on any atom is -0.444 e. The van der Waals surface area contributed by atoms with Crippen LogP contribution in [0.1, 0.15) is 36.1 Å². The molecule has 1 fully saturated rings. The molecule has 0 bridgehead atoms. The molecule has 0 aliphatic carbocycles. The van der Waals surface area contributed by atoms with Crippen molar-refractivity contribution in [3.63, 3.8) is 0 Å². The second-order valence-corrected chi connectivity index (χ2v) is 9.04. The van der Waals surface area contributed by atoms with E-state index in [9.17, 15) is 22.8 Å². The van der Waals surface area contributed by atoms with Crippen LogP contribution in [0.25, 0.3) is 10.6 Å². The van der Waals surface area contributed by atoms with Crippen molar-refractivity contribution in [3.8, 4) is 10.6 Å². The molecule has 0 aromatic carbocycles. The van der Waals surface area contributed by atoms with Crippen LogP contribution in [-0.4, -0.2) is 63.4 Å².